The van der Waals surface area contributed by atoms with Crippen LogP contribution in [0.4, 0.5) is 0 Å². The molecule has 0 bridgehead atoms. The summed E-state index contributed by atoms with van der Waals surface area (Å²) in [6.07, 6.45) is 6.75. The third kappa shape index (κ3) is 1.64. The summed E-state index contributed by atoms with van der Waals surface area (Å²) in [6, 6.07) is 0. The molecule has 1 rings (SSSR count). The van der Waals surface area contributed by atoms with Crippen LogP contribution < -0.4 is 0 Å². The number of hydrogen-bond acceptors (Lipinski definition) is 2. The molecular formula is C7H8O2. The van der Waals surface area contributed by atoms with E-state index in [0.29, 0.717) is 6.42 Å². The van der Waals surface area contributed by atoms with Gasteiger partial charge in [-0.3, -0.25) is 0 Å². The number of rotatable bonds is 0. The summed E-state index contributed by atoms with van der Waals surface area (Å²) in [5, 5.41) is 17.7. The first-order chi connectivity index (χ1) is 4.29. The highest BCUT2D eigenvalue weighted by molar-refractivity contribution is 5.24. The minimum atomic E-state index is 0.204. The largest absolute Gasteiger partial charge is 0.508 e. The molecule has 2 nitrogen and oxygen atoms in total. The van der Waals surface area contributed by atoms with Crippen molar-refractivity contribution in [2.75, 3.05) is 0 Å². The van der Waals surface area contributed by atoms with Gasteiger partial charge in [0.05, 0.1) is 0 Å². The Hall–Kier alpha value is -1.18. The highest BCUT2D eigenvalue weighted by Gasteiger charge is 1.91. The van der Waals surface area contributed by atoms with E-state index in [1.807, 2.05) is 0 Å². The topological polar surface area (TPSA) is 40.5 Å². The van der Waals surface area contributed by atoms with Crippen molar-refractivity contribution in [1.29, 1.82) is 0 Å². The highest BCUT2D eigenvalue weighted by Crippen LogP contribution is 2.04. The molecule has 0 atom stereocenters. The van der Waals surface area contributed by atoms with E-state index in [4.69, 9.17) is 10.2 Å². The lowest BCUT2D eigenvalue weighted by Crippen LogP contribution is -1.70. The van der Waals surface area contributed by atoms with Gasteiger partial charge in [-0.1, -0.05) is 0 Å². The van der Waals surface area contributed by atoms with Crippen molar-refractivity contribution in [2.24, 2.45) is 0 Å². The Morgan fingerprint density at radius 3 is 1.89 bits per heavy atom. The number of aliphatic hydroxyl groups is 2. The molecule has 0 aromatic rings. The lowest BCUT2D eigenvalue weighted by atomic mass is 10.3. The maximum Gasteiger partial charge on any atom is 0.112 e. The molecule has 0 radical (unpaired) electrons. The second-order valence-corrected chi connectivity index (χ2v) is 1.83. The second-order valence-electron chi connectivity index (χ2n) is 1.83. The second kappa shape index (κ2) is 2.40. The first-order valence-electron chi connectivity index (χ1n) is 2.75. The third-order valence-corrected chi connectivity index (χ3v) is 1.08. The average Bonchev–Trinajstić information content (AvgIpc) is 1.97. The average molecular weight is 124 g/mol. The zero-order valence-electron chi connectivity index (χ0n) is 4.91. The van der Waals surface area contributed by atoms with Crippen molar-refractivity contribution >= 4 is 0 Å². The molecule has 1 aliphatic rings. The SMILES string of the molecule is OC1=CCC=C(O)C=C1. The zero-order valence-corrected chi connectivity index (χ0v) is 4.91. The van der Waals surface area contributed by atoms with Crippen molar-refractivity contribution in [3.05, 3.63) is 35.8 Å². The smallest absolute Gasteiger partial charge is 0.112 e. The number of hydrogen-bond donors (Lipinski definition) is 2. The van der Waals surface area contributed by atoms with Crippen molar-refractivity contribution in [3.63, 3.8) is 0 Å². The van der Waals surface area contributed by atoms with E-state index in [-0.39, 0.29) is 11.5 Å². The highest BCUT2D eigenvalue weighted by atomic mass is 16.3. The fourth-order valence-corrected chi connectivity index (χ4v) is 0.607. The standard InChI is InChI=1S/C7H8O2/c8-6-2-1-3-7(9)5-4-6/h2-5,8-9H,1H2. The van der Waals surface area contributed by atoms with E-state index in [2.05, 4.69) is 0 Å². The van der Waals surface area contributed by atoms with Gasteiger partial charge in [-0.2, -0.15) is 0 Å². The zero-order chi connectivity index (χ0) is 6.69. The molecule has 0 unspecified atom stereocenters. The molecule has 48 valence electrons. The van der Waals surface area contributed by atoms with E-state index in [1.165, 1.54) is 12.2 Å². The Kier molecular flexibility index (Phi) is 1.58. The fourth-order valence-electron chi connectivity index (χ4n) is 0.607. The van der Waals surface area contributed by atoms with Gasteiger partial charge in [0.25, 0.3) is 0 Å². The van der Waals surface area contributed by atoms with Crippen LogP contribution in [0.1, 0.15) is 6.42 Å². The van der Waals surface area contributed by atoms with Gasteiger partial charge in [-0.05, 0) is 30.7 Å². The van der Waals surface area contributed by atoms with Crippen LogP contribution in [0.3, 0.4) is 0 Å². The molecule has 0 fully saturated rings. The fraction of sp³-hybridized carbons (Fsp3) is 0.143. The lowest BCUT2D eigenvalue weighted by Gasteiger charge is -1.83. The quantitative estimate of drug-likeness (QED) is 0.517. The predicted molar refractivity (Wildman–Crippen MR) is 35.2 cm³/mol. The van der Waals surface area contributed by atoms with Crippen molar-refractivity contribution in [3.8, 4) is 0 Å². The van der Waals surface area contributed by atoms with E-state index in [9.17, 15) is 0 Å². The molecule has 2 heteroatoms. The Labute approximate surface area is 53.4 Å². The van der Waals surface area contributed by atoms with Crippen LogP contribution in [0.5, 0.6) is 0 Å². The number of aliphatic hydroxyl groups excluding tert-OH is 2. The Bertz CT molecular complexity index is 167. The minimum absolute atomic E-state index is 0.204. The Morgan fingerprint density at radius 2 is 1.44 bits per heavy atom. The number of allylic oxidation sites excluding steroid dienone is 4. The van der Waals surface area contributed by atoms with Gasteiger partial charge in [-0.15, -0.1) is 0 Å². The van der Waals surface area contributed by atoms with Crippen molar-refractivity contribution < 1.29 is 10.2 Å². The molecule has 0 aromatic heterocycles. The Balaban J connectivity index is 2.75. The van der Waals surface area contributed by atoms with Gasteiger partial charge in [0, 0.05) is 0 Å². The molecule has 0 aromatic carbocycles. The summed E-state index contributed by atoms with van der Waals surface area (Å²) in [5.41, 5.74) is 0. The maximum absolute atomic E-state index is 8.84. The molecule has 2 N–H and O–H groups in total. The van der Waals surface area contributed by atoms with Crippen molar-refractivity contribution in [2.45, 2.75) is 6.42 Å². The third-order valence-electron chi connectivity index (χ3n) is 1.08. The van der Waals surface area contributed by atoms with E-state index < -0.39 is 0 Å². The van der Waals surface area contributed by atoms with Crippen LogP contribution in [0.2, 0.25) is 0 Å². The van der Waals surface area contributed by atoms with Gasteiger partial charge < -0.3 is 10.2 Å². The maximum atomic E-state index is 8.84. The summed E-state index contributed by atoms with van der Waals surface area (Å²) >= 11 is 0. The summed E-state index contributed by atoms with van der Waals surface area (Å²) < 4.78 is 0. The van der Waals surface area contributed by atoms with Gasteiger partial charge in [0.1, 0.15) is 11.5 Å². The molecule has 0 amide bonds. The van der Waals surface area contributed by atoms with E-state index >= 15 is 0 Å². The normalized spacial score (nSPS) is 18.2. The van der Waals surface area contributed by atoms with Crippen LogP contribution in [-0.2, 0) is 0 Å². The van der Waals surface area contributed by atoms with Gasteiger partial charge in [0.2, 0.25) is 0 Å². The molecule has 0 saturated heterocycles. The molecule has 0 heterocycles. The van der Waals surface area contributed by atoms with E-state index in [0.717, 1.165) is 0 Å². The molecule has 0 saturated carbocycles. The predicted octanol–water partition coefficient (Wildman–Crippen LogP) is 1.83. The summed E-state index contributed by atoms with van der Waals surface area (Å²) in [5.74, 6) is 0.408. The molecule has 9 heavy (non-hydrogen) atoms. The van der Waals surface area contributed by atoms with Crippen LogP contribution in [0.15, 0.2) is 35.8 Å². The summed E-state index contributed by atoms with van der Waals surface area (Å²) in [7, 11) is 0. The van der Waals surface area contributed by atoms with Crippen molar-refractivity contribution in [1.82, 2.24) is 0 Å². The molecule has 1 aliphatic carbocycles. The van der Waals surface area contributed by atoms with Crippen LogP contribution in [-0.4, -0.2) is 10.2 Å². The molecule has 0 spiro atoms. The first-order valence-corrected chi connectivity index (χ1v) is 2.75. The van der Waals surface area contributed by atoms with Gasteiger partial charge >= 0.3 is 0 Å². The van der Waals surface area contributed by atoms with Gasteiger partial charge in [0.15, 0.2) is 0 Å². The lowest BCUT2D eigenvalue weighted by molar-refractivity contribution is 0.425. The van der Waals surface area contributed by atoms with E-state index in [1.54, 1.807) is 12.2 Å². The van der Waals surface area contributed by atoms with Crippen LogP contribution in [0.25, 0.3) is 0 Å². The van der Waals surface area contributed by atoms with Crippen LogP contribution in [0, 0.1) is 0 Å². The summed E-state index contributed by atoms with van der Waals surface area (Å²) in [6.45, 7) is 0. The minimum Gasteiger partial charge on any atom is -0.508 e. The first kappa shape index (κ1) is 5.95. The monoisotopic (exact) mass is 124 g/mol. The Morgan fingerprint density at radius 1 is 1.00 bits per heavy atom. The van der Waals surface area contributed by atoms with Crippen LogP contribution >= 0.6 is 0 Å². The summed E-state index contributed by atoms with van der Waals surface area (Å²) in [4.78, 5) is 0. The molecular weight excluding hydrogens is 116 g/mol. The van der Waals surface area contributed by atoms with Gasteiger partial charge in [-0.25, -0.2) is 0 Å². The molecule has 0 aliphatic heterocycles.